The highest BCUT2D eigenvalue weighted by molar-refractivity contribution is 5.79. The van der Waals surface area contributed by atoms with Crippen molar-refractivity contribution in [3.05, 3.63) is 0 Å². The minimum atomic E-state index is -0.861. The number of likely N-dealkylation sites (tertiary alicyclic amines) is 1. The van der Waals surface area contributed by atoms with Crippen LogP contribution in [0.4, 0.5) is 0 Å². The average molecular weight is 183 g/mol. The van der Waals surface area contributed by atoms with Gasteiger partial charge in [0.25, 0.3) is 0 Å². The second-order valence-electron chi connectivity index (χ2n) is 3.20. The van der Waals surface area contributed by atoms with E-state index in [9.17, 15) is 4.79 Å². The van der Waals surface area contributed by atoms with Crippen LogP contribution in [0.15, 0.2) is 0 Å². The molecule has 0 aromatic carbocycles. The van der Waals surface area contributed by atoms with Gasteiger partial charge < -0.3 is 15.1 Å². The standard InChI is InChI=1S/C9H13NO3/c1-2-7-3-9(13)10(4-7)5-8(12)6-11/h1,7-8,11-12H,3-6H2/t7?,8-/m1/s1. The monoisotopic (exact) mass is 183 g/mol. The molecular formula is C9H13NO3. The van der Waals surface area contributed by atoms with Crippen molar-refractivity contribution in [2.24, 2.45) is 5.92 Å². The highest BCUT2D eigenvalue weighted by Crippen LogP contribution is 2.16. The number of β-amino-alcohol motifs (C(OH)–C–C–N with tert-alkyl or cyclic N) is 1. The molecule has 1 fully saturated rings. The van der Waals surface area contributed by atoms with Crippen LogP contribution >= 0.6 is 0 Å². The molecule has 1 saturated heterocycles. The number of amides is 1. The first-order chi connectivity index (χ1) is 6.17. The van der Waals surface area contributed by atoms with E-state index in [1.165, 1.54) is 4.90 Å². The Hall–Kier alpha value is -1.05. The number of aliphatic hydroxyl groups excluding tert-OH is 2. The molecule has 1 unspecified atom stereocenters. The molecule has 13 heavy (non-hydrogen) atoms. The molecule has 72 valence electrons. The van der Waals surface area contributed by atoms with Gasteiger partial charge in [0.2, 0.25) is 5.91 Å². The number of terminal acetylenes is 1. The van der Waals surface area contributed by atoms with Gasteiger partial charge in [-0.05, 0) is 0 Å². The van der Waals surface area contributed by atoms with E-state index in [4.69, 9.17) is 16.6 Å². The molecule has 2 N–H and O–H groups in total. The molecule has 0 radical (unpaired) electrons. The van der Waals surface area contributed by atoms with E-state index in [1.807, 2.05) is 0 Å². The molecule has 0 aromatic rings. The molecule has 1 rings (SSSR count). The lowest BCUT2D eigenvalue weighted by Crippen LogP contribution is -2.35. The van der Waals surface area contributed by atoms with Crippen molar-refractivity contribution >= 4 is 5.91 Å². The lowest BCUT2D eigenvalue weighted by Gasteiger charge is -2.18. The van der Waals surface area contributed by atoms with Crippen LogP contribution in [0.1, 0.15) is 6.42 Å². The van der Waals surface area contributed by atoms with Crippen LogP contribution in [0.5, 0.6) is 0 Å². The molecule has 1 heterocycles. The van der Waals surface area contributed by atoms with Crippen molar-refractivity contribution in [1.29, 1.82) is 0 Å². The zero-order valence-electron chi connectivity index (χ0n) is 7.31. The van der Waals surface area contributed by atoms with E-state index in [2.05, 4.69) is 5.92 Å². The van der Waals surface area contributed by atoms with Gasteiger partial charge in [0.1, 0.15) is 0 Å². The molecule has 1 amide bonds. The van der Waals surface area contributed by atoms with Gasteiger partial charge in [0, 0.05) is 25.4 Å². The summed E-state index contributed by atoms with van der Waals surface area (Å²) in [5, 5.41) is 17.7. The molecule has 0 aromatic heterocycles. The van der Waals surface area contributed by atoms with E-state index in [1.54, 1.807) is 0 Å². The molecule has 0 bridgehead atoms. The van der Waals surface area contributed by atoms with Crippen LogP contribution in [-0.4, -0.2) is 46.8 Å². The van der Waals surface area contributed by atoms with Crippen molar-refractivity contribution < 1.29 is 15.0 Å². The van der Waals surface area contributed by atoms with Crippen LogP contribution in [0.25, 0.3) is 0 Å². The summed E-state index contributed by atoms with van der Waals surface area (Å²) >= 11 is 0. The summed E-state index contributed by atoms with van der Waals surface area (Å²) < 4.78 is 0. The van der Waals surface area contributed by atoms with Crippen molar-refractivity contribution in [2.45, 2.75) is 12.5 Å². The van der Waals surface area contributed by atoms with Gasteiger partial charge in [-0.15, -0.1) is 12.3 Å². The topological polar surface area (TPSA) is 60.8 Å². The van der Waals surface area contributed by atoms with E-state index >= 15 is 0 Å². The van der Waals surface area contributed by atoms with Crippen LogP contribution in [0, 0.1) is 18.3 Å². The number of nitrogens with zero attached hydrogens (tertiary/aromatic N) is 1. The molecule has 4 nitrogen and oxygen atoms in total. The predicted octanol–water partition coefficient (Wildman–Crippen LogP) is -1.18. The summed E-state index contributed by atoms with van der Waals surface area (Å²) in [6.07, 6.45) is 4.68. The van der Waals surface area contributed by atoms with Crippen molar-refractivity contribution in [1.82, 2.24) is 4.90 Å². The van der Waals surface area contributed by atoms with E-state index in [0.717, 1.165) is 0 Å². The first-order valence-corrected chi connectivity index (χ1v) is 4.20. The summed E-state index contributed by atoms with van der Waals surface area (Å²) in [7, 11) is 0. The predicted molar refractivity (Wildman–Crippen MR) is 46.6 cm³/mol. The Morgan fingerprint density at radius 1 is 1.77 bits per heavy atom. The van der Waals surface area contributed by atoms with Crippen LogP contribution in [0.2, 0.25) is 0 Å². The number of hydrogen-bond acceptors (Lipinski definition) is 3. The Labute approximate surface area is 77.2 Å². The number of hydrogen-bond donors (Lipinski definition) is 2. The highest BCUT2D eigenvalue weighted by Gasteiger charge is 2.29. The van der Waals surface area contributed by atoms with Crippen LogP contribution in [-0.2, 0) is 4.79 Å². The second kappa shape index (κ2) is 4.26. The molecule has 1 aliphatic rings. The van der Waals surface area contributed by atoms with Gasteiger partial charge in [-0.25, -0.2) is 0 Å². The normalized spacial score (nSPS) is 24.5. The van der Waals surface area contributed by atoms with Gasteiger partial charge in [-0.2, -0.15) is 0 Å². The molecule has 1 aliphatic heterocycles. The maximum atomic E-state index is 11.2. The number of aliphatic hydroxyl groups is 2. The van der Waals surface area contributed by atoms with Crippen LogP contribution in [0.3, 0.4) is 0 Å². The maximum absolute atomic E-state index is 11.2. The Bertz CT molecular complexity index is 234. The molecule has 0 spiro atoms. The third-order valence-electron chi connectivity index (χ3n) is 2.09. The smallest absolute Gasteiger partial charge is 0.224 e. The van der Waals surface area contributed by atoms with E-state index in [-0.39, 0.29) is 25.0 Å². The third-order valence-corrected chi connectivity index (χ3v) is 2.09. The van der Waals surface area contributed by atoms with Crippen molar-refractivity contribution in [3.8, 4) is 12.3 Å². The van der Waals surface area contributed by atoms with Crippen molar-refractivity contribution in [3.63, 3.8) is 0 Å². The molecule has 0 saturated carbocycles. The Morgan fingerprint density at radius 2 is 2.46 bits per heavy atom. The fourth-order valence-electron chi connectivity index (χ4n) is 1.37. The minimum absolute atomic E-state index is 0.0432. The Morgan fingerprint density at radius 3 is 2.92 bits per heavy atom. The SMILES string of the molecule is C#CC1CC(=O)N(C[C@@H](O)CO)C1. The minimum Gasteiger partial charge on any atom is -0.394 e. The zero-order valence-corrected chi connectivity index (χ0v) is 7.31. The van der Waals surface area contributed by atoms with E-state index < -0.39 is 6.10 Å². The summed E-state index contributed by atoms with van der Waals surface area (Å²) in [6, 6.07) is 0. The quantitative estimate of drug-likeness (QED) is 0.541. The first kappa shape index (κ1) is 10.0. The van der Waals surface area contributed by atoms with Gasteiger partial charge in [0.05, 0.1) is 12.7 Å². The largest absolute Gasteiger partial charge is 0.394 e. The fourth-order valence-corrected chi connectivity index (χ4v) is 1.37. The first-order valence-electron chi connectivity index (χ1n) is 4.20. The number of carbonyl (C=O) groups excluding carboxylic acids is 1. The molecular weight excluding hydrogens is 170 g/mol. The zero-order chi connectivity index (χ0) is 9.84. The highest BCUT2D eigenvalue weighted by atomic mass is 16.3. The summed E-state index contributed by atoms with van der Waals surface area (Å²) in [6.45, 7) is 0.338. The average Bonchev–Trinajstić information content (AvgIpc) is 2.47. The van der Waals surface area contributed by atoms with Gasteiger partial charge >= 0.3 is 0 Å². The third kappa shape index (κ3) is 2.44. The van der Waals surface area contributed by atoms with Gasteiger partial charge in [-0.1, -0.05) is 0 Å². The van der Waals surface area contributed by atoms with Crippen molar-refractivity contribution in [2.75, 3.05) is 19.7 Å². The number of rotatable bonds is 3. The Balaban J connectivity index is 2.44. The molecule has 4 heteroatoms. The summed E-state index contributed by atoms with van der Waals surface area (Å²) in [5.74, 6) is 2.42. The molecule has 0 aliphatic carbocycles. The Kier molecular flexibility index (Phi) is 3.29. The maximum Gasteiger partial charge on any atom is 0.224 e. The molecule has 2 atom stereocenters. The number of carbonyl (C=O) groups is 1. The summed E-state index contributed by atoms with van der Waals surface area (Å²) in [5.41, 5.74) is 0. The lowest BCUT2D eigenvalue weighted by atomic mass is 10.1. The van der Waals surface area contributed by atoms with Gasteiger partial charge in [-0.3, -0.25) is 4.79 Å². The fraction of sp³-hybridized carbons (Fsp3) is 0.667. The van der Waals surface area contributed by atoms with Crippen LogP contribution < -0.4 is 0 Å². The lowest BCUT2D eigenvalue weighted by molar-refractivity contribution is -0.129. The van der Waals surface area contributed by atoms with E-state index in [0.29, 0.717) is 13.0 Å². The summed E-state index contributed by atoms with van der Waals surface area (Å²) in [4.78, 5) is 12.7. The van der Waals surface area contributed by atoms with Gasteiger partial charge in [0.15, 0.2) is 0 Å². The second-order valence-corrected chi connectivity index (χ2v) is 3.20.